The normalized spacial score (nSPS) is 17.9. The summed E-state index contributed by atoms with van der Waals surface area (Å²) < 4.78 is 0. The van der Waals surface area contributed by atoms with E-state index >= 15 is 0 Å². The largest absolute Gasteiger partial charge is 0.481 e. The van der Waals surface area contributed by atoms with Crippen LogP contribution in [0.4, 0.5) is 0 Å². The molecule has 0 amide bonds. The summed E-state index contributed by atoms with van der Waals surface area (Å²) in [4.78, 5) is 11.5. The number of carboxylic acid groups (broad SMARTS) is 1. The van der Waals surface area contributed by atoms with Crippen molar-refractivity contribution in [3.63, 3.8) is 0 Å². The van der Waals surface area contributed by atoms with E-state index in [0.717, 1.165) is 23.1 Å². The maximum atomic E-state index is 11.5. The molecule has 1 saturated carbocycles. The van der Waals surface area contributed by atoms with Crippen molar-refractivity contribution in [2.75, 3.05) is 0 Å². The van der Waals surface area contributed by atoms with Crippen LogP contribution in [-0.4, -0.2) is 11.1 Å². The van der Waals surface area contributed by atoms with Gasteiger partial charge in [0.1, 0.15) is 0 Å². The van der Waals surface area contributed by atoms with E-state index in [0.29, 0.717) is 17.9 Å². The maximum absolute atomic E-state index is 11.5. The second kappa shape index (κ2) is 3.77. The van der Waals surface area contributed by atoms with Crippen LogP contribution < -0.4 is 0 Å². The Morgan fingerprint density at radius 1 is 1.38 bits per heavy atom. The van der Waals surface area contributed by atoms with E-state index in [2.05, 4.69) is 0 Å². The van der Waals surface area contributed by atoms with Gasteiger partial charge in [-0.2, -0.15) is 0 Å². The molecule has 0 bridgehead atoms. The van der Waals surface area contributed by atoms with E-state index in [4.69, 9.17) is 11.6 Å². The molecule has 0 aliphatic heterocycles. The third-order valence-corrected chi connectivity index (χ3v) is 4.10. The molecule has 1 fully saturated rings. The number of aliphatic carboxylic acids is 1. The number of benzene rings is 1. The number of rotatable bonds is 2. The maximum Gasteiger partial charge on any atom is 0.314 e. The molecule has 2 nitrogen and oxygen atoms in total. The molecule has 1 aliphatic carbocycles. The molecule has 2 rings (SSSR count). The number of hydrogen-bond donors (Lipinski definition) is 1. The minimum absolute atomic E-state index is 0.588. The van der Waals surface area contributed by atoms with E-state index in [-0.39, 0.29) is 0 Å². The summed E-state index contributed by atoms with van der Waals surface area (Å²) in [7, 11) is 0. The summed E-state index contributed by atoms with van der Waals surface area (Å²) in [5.41, 5.74) is 2.22. The molecule has 0 atom stereocenters. The van der Waals surface area contributed by atoms with Crippen LogP contribution in [0, 0.1) is 13.8 Å². The first-order chi connectivity index (χ1) is 7.49. The topological polar surface area (TPSA) is 37.3 Å². The van der Waals surface area contributed by atoms with Gasteiger partial charge in [-0.25, -0.2) is 0 Å². The molecule has 0 heterocycles. The Kier molecular flexibility index (Phi) is 2.70. The highest BCUT2D eigenvalue weighted by Gasteiger charge is 2.48. The molecule has 0 unspecified atom stereocenters. The minimum atomic E-state index is -0.741. The Morgan fingerprint density at radius 3 is 2.44 bits per heavy atom. The fourth-order valence-electron chi connectivity index (χ4n) is 2.47. The Hall–Kier alpha value is -1.02. The van der Waals surface area contributed by atoms with Crippen LogP contribution in [0.1, 0.15) is 36.0 Å². The first-order valence-corrected chi connectivity index (χ1v) is 5.86. The molecule has 3 heteroatoms. The highest BCUT2D eigenvalue weighted by atomic mass is 35.5. The van der Waals surface area contributed by atoms with Crippen molar-refractivity contribution < 1.29 is 9.90 Å². The van der Waals surface area contributed by atoms with Crippen LogP contribution in [0.2, 0.25) is 5.02 Å². The quantitative estimate of drug-likeness (QED) is 0.857. The molecule has 0 radical (unpaired) electrons. The highest BCUT2D eigenvalue weighted by molar-refractivity contribution is 6.32. The third-order valence-electron chi connectivity index (χ3n) is 3.78. The van der Waals surface area contributed by atoms with Gasteiger partial charge in [0.2, 0.25) is 0 Å². The van der Waals surface area contributed by atoms with Crippen LogP contribution in [0.5, 0.6) is 0 Å². The number of hydrogen-bond acceptors (Lipinski definition) is 1. The summed E-state index contributed by atoms with van der Waals surface area (Å²) in [5, 5.41) is 10.0. The van der Waals surface area contributed by atoms with E-state index in [1.54, 1.807) is 0 Å². The predicted molar refractivity (Wildman–Crippen MR) is 64.1 cm³/mol. The molecule has 1 N–H and O–H groups in total. The zero-order chi connectivity index (χ0) is 11.9. The molecule has 1 aromatic carbocycles. The Morgan fingerprint density at radius 2 is 2.00 bits per heavy atom. The lowest BCUT2D eigenvalue weighted by Gasteiger charge is -2.40. The third kappa shape index (κ3) is 1.44. The van der Waals surface area contributed by atoms with E-state index in [1.807, 2.05) is 26.0 Å². The molecular weight excluding hydrogens is 224 g/mol. The van der Waals surface area contributed by atoms with Gasteiger partial charge in [-0.15, -0.1) is 0 Å². The van der Waals surface area contributed by atoms with E-state index < -0.39 is 11.4 Å². The molecule has 1 aromatic rings. The summed E-state index contributed by atoms with van der Waals surface area (Å²) in [6.07, 6.45) is 2.37. The van der Waals surface area contributed by atoms with Crippen LogP contribution >= 0.6 is 11.6 Å². The fraction of sp³-hybridized carbons (Fsp3) is 0.462. The van der Waals surface area contributed by atoms with Crippen LogP contribution in [0.15, 0.2) is 12.1 Å². The summed E-state index contributed by atoms with van der Waals surface area (Å²) in [5.74, 6) is -0.741. The van der Waals surface area contributed by atoms with Gasteiger partial charge < -0.3 is 5.11 Å². The number of carbonyl (C=O) groups is 1. The van der Waals surface area contributed by atoms with Gasteiger partial charge in [-0.05, 0) is 49.4 Å². The Bertz CT molecular complexity index is 447. The van der Waals surface area contributed by atoms with Crippen molar-refractivity contribution in [2.24, 2.45) is 0 Å². The lowest BCUT2D eigenvalue weighted by atomic mass is 9.63. The molecule has 0 spiro atoms. The smallest absolute Gasteiger partial charge is 0.314 e. The second-order valence-corrected chi connectivity index (χ2v) is 5.01. The lowest BCUT2D eigenvalue weighted by Crippen LogP contribution is -2.43. The fourth-order valence-corrected chi connectivity index (χ4v) is 2.86. The average molecular weight is 239 g/mol. The number of carboxylic acids is 1. The lowest BCUT2D eigenvalue weighted by molar-refractivity contribution is -0.147. The van der Waals surface area contributed by atoms with Crippen LogP contribution in [0.25, 0.3) is 0 Å². The zero-order valence-corrected chi connectivity index (χ0v) is 10.3. The zero-order valence-electron chi connectivity index (χ0n) is 9.51. The average Bonchev–Trinajstić information content (AvgIpc) is 2.15. The first kappa shape index (κ1) is 11.5. The Balaban J connectivity index is 2.63. The van der Waals surface area contributed by atoms with Crippen molar-refractivity contribution in [3.05, 3.63) is 33.8 Å². The Labute approximate surface area is 100 Å². The van der Waals surface area contributed by atoms with Gasteiger partial charge in [0, 0.05) is 5.02 Å². The van der Waals surface area contributed by atoms with E-state index in [9.17, 15) is 9.90 Å². The van der Waals surface area contributed by atoms with Crippen molar-refractivity contribution >= 4 is 17.6 Å². The van der Waals surface area contributed by atoms with Crippen molar-refractivity contribution in [1.82, 2.24) is 0 Å². The molecular formula is C13H15ClO2. The molecule has 1 aliphatic rings. The summed E-state index contributed by atoms with van der Waals surface area (Å²) in [6.45, 7) is 3.95. The van der Waals surface area contributed by atoms with E-state index in [1.165, 1.54) is 0 Å². The van der Waals surface area contributed by atoms with Crippen molar-refractivity contribution in [1.29, 1.82) is 0 Å². The summed E-state index contributed by atoms with van der Waals surface area (Å²) >= 11 is 6.18. The highest BCUT2D eigenvalue weighted by Crippen LogP contribution is 2.48. The molecule has 0 aromatic heterocycles. The van der Waals surface area contributed by atoms with Gasteiger partial charge >= 0.3 is 5.97 Å². The monoisotopic (exact) mass is 238 g/mol. The SMILES string of the molecule is Cc1ccc(Cl)c(C2(C(=O)O)CCC2)c1C. The van der Waals surface area contributed by atoms with Gasteiger partial charge in [0.15, 0.2) is 0 Å². The van der Waals surface area contributed by atoms with Crippen molar-refractivity contribution in [2.45, 2.75) is 38.5 Å². The number of halogens is 1. The van der Waals surface area contributed by atoms with Gasteiger partial charge in [0.25, 0.3) is 0 Å². The second-order valence-electron chi connectivity index (χ2n) is 4.61. The van der Waals surface area contributed by atoms with Crippen LogP contribution in [0.3, 0.4) is 0 Å². The first-order valence-electron chi connectivity index (χ1n) is 5.48. The molecule has 0 saturated heterocycles. The minimum Gasteiger partial charge on any atom is -0.481 e. The predicted octanol–water partition coefficient (Wildman–Crippen LogP) is 3.46. The van der Waals surface area contributed by atoms with Crippen molar-refractivity contribution in [3.8, 4) is 0 Å². The van der Waals surface area contributed by atoms with Gasteiger partial charge in [0.05, 0.1) is 5.41 Å². The van der Waals surface area contributed by atoms with Gasteiger partial charge in [-0.1, -0.05) is 24.1 Å². The standard InChI is InChI=1S/C13H15ClO2/c1-8-4-5-10(14)11(9(8)2)13(12(15)16)6-3-7-13/h4-5H,3,6-7H2,1-2H3,(H,15,16). The van der Waals surface area contributed by atoms with Crippen LogP contribution in [-0.2, 0) is 10.2 Å². The van der Waals surface area contributed by atoms with Gasteiger partial charge in [-0.3, -0.25) is 4.79 Å². The molecule has 16 heavy (non-hydrogen) atoms. The summed E-state index contributed by atoms with van der Waals surface area (Å²) in [6, 6.07) is 3.75. The molecule has 86 valence electrons. The number of aryl methyl sites for hydroxylation is 1.